The largest absolute Gasteiger partial charge is 0.280 e. The quantitative estimate of drug-likeness (QED) is 0.104. The van der Waals surface area contributed by atoms with Crippen molar-refractivity contribution in [1.29, 1.82) is 0 Å². The fraction of sp³-hybridized carbons (Fsp3) is 0.0536. The van der Waals surface area contributed by atoms with Crippen molar-refractivity contribution in [2.24, 2.45) is 4.99 Å². The van der Waals surface area contributed by atoms with Gasteiger partial charge in [0, 0.05) is 11.5 Å². The van der Waals surface area contributed by atoms with Gasteiger partial charge in [-0.15, -0.1) is 0 Å². The van der Waals surface area contributed by atoms with Crippen LogP contribution in [-0.4, -0.2) is 5.71 Å². The summed E-state index contributed by atoms with van der Waals surface area (Å²) in [5.41, 5.74) is 16.7. The number of rotatable bonds is 9. The van der Waals surface area contributed by atoms with Crippen molar-refractivity contribution in [3.63, 3.8) is 0 Å². The van der Waals surface area contributed by atoms with Crippen LogP contribution in [0.1, 0.15) is 44.9 Å². The molecule has 0 amide bonds. The fourth-order valence-electron chi connectivity index (χ4n) is 8.07. The van der Waals surface area contributed by atoms with Crippen molar-refractivity contribution in [2.45, 2.75) is 18.9 Å². The van der Waals surface area contributed by atoms with Gasteiger partial charge in [0.25, 0.3) is 0 Å². The summed E-state index contributed by atoms with van der Waals surface area (Å²) in [4.78, 5) is 5.25. The van der Waals surface area contributed by atoms with Crippen LogP contribution >= 0.6 is 0 Å². The maximum absolute atomic E-state index is 5.25. The summed E-state index contributed by atoms with van der Waals surface area (Å²) in [7, 11) is 0. The predicted molar refractivity (Wildman–Crippen MR) is 243 cm³/mol. The van der Waals surface area contributed by atoms with E-state index in [1.807, 2.05) is 0 Å². The third-order valence-corrected chi connectivity index (χ3v) is 11.0. The summed E-state index contributed by atoms with van der Waals surface area (Å²) >= 11 is 0. The molecule has 1 heteroatoms. The lowest BCUT2D eigenvalue weighted by Gasteiger charge is -2.16. The number of nitrogens with zero attached hydrogens (tertiary/aromatic N) is 1. The average molecular weight is 730 g/mol. The number of fused-ring (bicyclic) bond motifs is 3. The van der Waals surface area contributed by atoms with E-state index in [1.54, 1.807) is 0 Å². The minimum absolute atomic E-state index is 0.0777. The summed E-state index contributed by atoms with van der Waals surface area (Å²) < 4.78 is 0. The molecule has 8 aromatic rings. The number of benzene rings is 8. The van der Waals surface area contributed by atoms with E-state index in [0.29, 0.717) is 6.54 Å². The van der Waals surface area contributed by atoms with Crippen LogP contribution in [0.25, 0.3) is 44.7 Å². The molecule has 0 saturated carbocycles. The van der Waals surface area contributed by atoms with E-state index in [9.17, 15) is 0 Å². The van der Waals surface area contributed by atoms with Crippen LogP contribution in [0.15, 0.2) is 229 Å². The van der Waals surface area contributed by atoms with Gasteiger partial charge in [0.2, 0.25) is 0 Å². The topological polar surface area (TPSA) is 12.4 Å². The second kappa shape index (κ2) is 16.3. The molecular weight excluding hydrogens is 687 g/mol. The number of hydrogen-bond acceptors (Lipinski definition) is 1. The Labute approximate surface area is 336 Å². The highest BCUT2D eigenvalue weighted by atomic mass is 14.7. The van der Waals surface area contributed by atoms with Crippen LogP contribution in [0.3, 0.4) is 0 Å². The van der Waals surface area contributed by atoms with Crippen LogP contribution in [0.4, 0.5) is 0 Å². The van der Waals surface area contributed by atoms with Gasteiger partial charge in [-0.1, -0.05) is 212 Å². The fourth-order valence-corrected chi connectivity index (χ4v) is 8.07. The molecule has 1 aliphatic carbocycles. The summed E-state index contributed by atoms with van der Waals surface area (Å²) in [5.74, 6) is 0.0777. The van der Waals surface area contributed by atoms with Gasteiger partial charge in [-0.25, -0.2) is 0 Å². The van der Waals surface area contributed by atoms with E-state index < -0.39 is 0 Å². The van der Waals surface area contributed by atoms with Crippen molar-refractivity contribution in [3.8, 4) is 22.3 Å². The third kappa shape index (κ3) is 7.87. The van der Waals surface area contributed by atoms with Crippen LogP contribution in [0.5, 0.6) is 0 Å². The van der Waals surface area contributed by atoms with Gasteiger partial charge < -0.3 is 0 Å². The summed E-state index contributed by atoms with van der Waals surface area (Å²) in [5, 5.41) is 2.54. The Morgan fingerprint density at radius 1 is 0.561 bits per heavy atom. The molecule has 0 aliphatic heterocycles. The molecule has 1 nitrogen and oxygen atoms in total. The molecule has 0 bridgehead atoms. The minimum atomic E-state index is 0.0777. The average Bonchev–Trinajstić information content (AvgIpc) is 3.43. The van der Waals surface area contributed by atoms with Crippen molar-refractivity contribution in [1.82, 2.24) is 0 Å². The van der Waals surface area contributed by atoms with Crippen LogP contribution in [0.2, 0.25) is 0 Å². The molecule has 0 heterocycles. The lowest BCUT2D eigenvalue weighted by molar-refractivity contribution is 0.946. The van der Waals surface area contributed by atoms with E-state index in [1.165, 1.54) is 72.0 Å². The van der Waals surface area contributed by atoms with Gasteiger partial charge >= 0.3 is 0 Å². The third-order valence-electron chi connectivity index (χ3n) is 11.0. The van der Waals surface area contributed by atoms with Crippen LogP contribution < -0.4 is 0 Å². The number of allylic oxidation sites excluding steroid dienone is 3. The van der Waals surface area contributed by atoms with E-state index >= 15 is 0 Å². The molecule has 0 N–H and O–H groups in total. The first-order valence-electron chi connectivity index (χ1n) is 19.7. The van der Waals surface area contributed by atoms with E-state index in [-0.39, 0.29) is 5.92 Å². The van der Waals surface area contributed by atoms with Gasteiger partial charge in [0.05, 0.1) is 12.3 Å². The van der Waals surface area contributed by atoms with Crippen molar-refractivity contribution < 1.29 is 0 Å². The summed E-state index contributed by atoms with van der Waals surface area (Å²) in [6, 6.07) is 71.6. The maximum atomic E-state index is 5.25. The molecule has 8 aromatic carbocycles. The Kier molecular flexibility index (Phi) is 10.2. The lowest BCUT2D eigenvalue weighted by atomic mass is 9.88. The van der Waals surface area contributed by atoms with E-state index in [0.717, 1.165) is 23.3 Å². The molecule has 9 rings (SSSR count). The summed E-state index contributed by atoms with van der Waals surface area (Å²) in [6.07, 6.45) is 7.63. The second-order valence-corrected chi connectivity index (χ2v) is 14.8. The maximum Gasteiger partial charge on any atom is 0.0651 e. The highest BCUT2D eigenvalue weighted by Crippen LogP contribution is 2.42. The molecule has 1 atom stereocenters. The standard InChI is InChI=1S/C56H43N/c1-40-35-51-33-32-46-22-11-12-26-52(46)56(51)54(45-20-9-4-10-21-45)38-53(40)47-30-27-41(28-31-47)29-34-55(50-25-14-24-49(37-50)44-18-7-3-8-19-44)57-39-42-15-13-23-48(36-42)43-16-5-2-6-17-43/h2-34,36-38,53H,1,35,39H2/b34-29+,57-55?. The van der Waals surface area contributed by atoms with Crippen molar-refractivity contribution in [3.05, 3.63) is 263 Å². The normalized spacial score (nSPS) is 14.3. The molecular formula is C56H43N. The highest BCUT2D eigenvalue weighted by molar-refractivity contribution is 6.11. The van der Waals surface area contributed by atoms with Crippen LogP contribution in [0, 0.1) is 0 Å². The Morgan fingerprint density at radius 2 is 1.18 bits per heavy atom. The summed E-state index contributed by atoms with van der Waals surface area (Å²) in [6.45, 7) is 5.25. The Morgan fingerprint density at radius 3 is 1.89 bits per heavy atom. The van der Waals surface area contributed by atoms with Gasteiger partial charge in [0.1, 0.15) is 0 Å². The molecule has 1 aliphatic rings. The van der Waals surface area contributed by atoms with Crippen molar-refractivity contribution >= 4 is 28.1 Å². The molecule has 0 fully saturated rings. The molecule has 57 heavy (non-hydrogen) atoms. The first-order valence-corrected chi connectivity index (χ1v) is 19.7. The zero-order chi connectivity index (χ0) is 38.4. The smallest absolute Gasteiger partial charge is 0.0651 e. The molecule has 0 aromatic heterocycles. The Bertz CT molecular complexity index is 2770. The first-order chi connectivity index (χ1) is 28.2. The zero-order valence-electron chi connectivity index (χ0n) is 31.9. The van der Waals surface area contributed by atoms with Crippen LogP contribution in [-0.2, 0) is 13.0 Å². The molecule has 1 unspecified atom stereocenters. The van der Waals surface area contributed by atoms with Gasteiger partial charge in [0.15, 0.2) is 0 Å². The van der Waals surface area contributed by atoms with Gasteiger partial charge in [-0.3, -0.25) is 4.99 Å². The highest BCUT2D eigenvalue weighted by Gasteiger charge is 2.24. The SMILES string of the molecule is C=C1Cc2ccc3ccccc3c2C(c2ccccc2)=CC1c1ccc(/C=C/C(=NCc2cccc(-c3ccccc3)c2)c2cccc(-c3ccccc3)c2)cc1. The second-order valence-electron chi connectivity index (χ2n) is 14.8. The molecule has 0 spiro atoms. The predicted octanol–water partition coefficient (Wildman–Crippen LogP) is 14.2. The Hall–Kier alpha value is -7.09. The monoisotopic (exact) mass is 729 g/mol. The van der Waals surface area contributed by atoms with Gasteiger partial charge in [-0.2, -0.15) is 0 Å². The zero-order valence-corrected chi connectivity index (χ0v) is 31.9. The molecule has 0 radical (unpaired) electrons. The first kappa shape index (κ1) is 35.6. The van der Waals surface area contributed by atoms with Gasteiger partial charge in [-0.05, 0) is 96.6 Å². The Balaban J connectivity index is 1.05. The van der Waals surface area contributed by atoms with E-state index in [4.69, 9.17) is 4.99 Å². The minimum Gasteiger partial charge on any atom is -0.280 e. The number of hydrogen-bond donors (Lipinski definition) is 0. The lowest BCUT2D eigenvalue weighted by Crippen LogP contribution is -2.01. The molecule has 272 valence electrons. The van der Waals surface area contributed by atoms with E-state index in [2.05, 4.69) is 225 Å². The molecule has 0 saturated heterocycles. The van der Waals surface area contributed by atoms with Crippen molar-refractivity contribution in [2.75, 3.05) is 0 Å². The number of aliphatic imine (C=N–C) groups is 1.